The fourth-order valence-corrected chi connectivity index (χ4v) is 4.57. The summed E-state index contributed by atoms with van der Waals surface area (Å²) >= 11 is 0. The number of benzene rings is 1. The Morgan fingerprint density at radius 2 is 1.78 bits per heavy atom. The van der Waals surface area contributed by atoms with E-state index >= 15 is 0 Å². The zero-order valence-corrected chi connectivity index (χ0v) is 18.8. The number of hydrogen-bond acceptors (Lipinski definition) is 8. The molecule has 0 bridgehead atoms. The van der Waals surface area contributed by atoms with Crippen LogP contribution >= 0.6 is 0 Å². The van der Waals surface area contributed by atoms with E-state index in [1.54, 1.807) is 12.4 Å². The van der Waals surface area contributed by atoms with Crippen LogP contribution in [-0.2, 0) is 4.74 Å². The molecule has 8 nitrogen and oxygen atoms in total. The summed E-state index contributed by atoms with van der Waals surface area (Å²) in [6.07, 6.45) is 9.62. The first-order chi connectivity index (χ1) is 15.7. The second-order valence-corrected chi connectivity index (χ2v) is 8.62. The van der Waals surface area contributed by atoms with Gasteiger partial charge in [-0.25, -0.2) is 15.0 Å². The number of rotatable bonds is 5. The second kappa shape index (κ2) is 9.24. The summed E-state index contributed by atoms with van der Waals surface area (Å²) in [6.45, 7) is 7.20. The molecule has 2 aliphatic rings. The topological polar surface area (TPSA) is 85.3 Å². The van der Waals surface area contributed by atoms with Crippen molar-refractivity contribution in [1.29, 1.82) is 0 Å². The number of morpholine rings is 1. The molecule has 1 N–H and O–H groups in total. The highest BCUT2D eigenvalue weighted by Gasteiger charge is 2.24. The van der Waals surface area contributed by atoms with E-state index in [4.69, 9.17) is 9.47 Å². The second-order valence-electron chi connectivity index (χ2n) is 8.62. The summed E-state index contributed by atoms with van der Waals surface area (Å²) in [5, 5.41) is 3.62. The minimum atomic E-state index is 0.175. The van der Waals surface area contributed by atoms with E-state index in [1.165, 1.54) is 0 Å². The third-order valence-corrected chi connectivity index (χ3v) is 6.33. The van der Waals surface area contributed by atoms with Crippen LogP contribution in [0.1, 0.15) is 37.2 Å². The fraction of sp³-hybridized carbons (Fsp3) is 0.500. The molecule has 0 atom stereocenters. The highest BCUT2D eigenvalue weighted by molar-refractivity contribution is 5.85. The molecule has 8 heteroatoms. The van der Waals surface area contributed by atoms with E-state index in [-0.39, 0.29) is 6.10 Å². The normalized spacial score (nSPS) is 21.5. The molecule has 2 fully saturated rings. The molecule has 1 aliphatic heterocycles. The SMILES string of the molecule is Cc1ncc(N[C@H]2CC[C@@H](Oc3cc(N4CCOCC4)cc4nccnc34)CC2)c(C)n1. The van der Waals surface area contributed by atoms with Gasteiger partial charge in [-0.05, 0) is 45.6 Å². The van der Waals surface area contributed by atoms with Gasteiger partial charge in [-0.1, -0.05) is 0 Å². The summed E-state index contributed by atoms with van der Waals surface area (Å²) < 4.78 is 12.0. The molecule has 1 aromatic carbocycles. The van der Waals surface area contributed by atoms with Gasteiger partial charge in [-0.2, -0.15) is 0 Å². The van der Waals surface area contributed by atoms with Crippen LogP contribution in [0.3, 0.4) is 0 Å². The lowest BCUT2D eigenvalue weighted by atomic mass is 9.92. The van der Waals surface area contributed by atoms with Crippen molar-refractivity contribution in [1.82, 2.24) is 19.9 Å². The number of fused-ring (bicyclic) bond motifs is 1. The minimum Gasteiger partial charge on any atom is -0.488 e. The summed E-state index contributed by atoms with van der Waals surface area (Å²) in [7, 11) is 0. The molecule has 3 heterocycles. The standard InChI is InChI=1S/C24H30N6O2/c1-16-22(15-27-17(2)28-16)29-18-3-5-20(6-4-18)32-23-14-19(30-9-11-31-12-10-30)13-21-24(23)26-8-7-25-21/h7-8,13-15,18,20,29H,3-6,9-12H2,1-2H3/t18-,20+. The number of aromatic nitrogens is 4. The molecule has 2 aromatic heterocycles. The third kappa shape index (κ3) is 4.60. The van der Waals surface area contributed by atoms with Crippen LogP contribution in [0.2, 0.25) is 0 Å². The monoisotopic (exact) mass is 434 g/mol. The quantitative estimate of drug-likeness (QED) is 0.651. The predicted octanol–water partition coefficient (Wildman–Crippen LogP) is 3.68. The number of ether oxygens (including phenoxy) is 2. The van der Waals surface area contributed by atoms with Gasteiger partial charge in [-0.15, -0.1) is 0 Å². The summed E-state index contributed by atoms with van der Waals surface area (Å²) in [5.41, 5.74) is 4.86. The zero-order valence-electron chi connectivity index (χ0n) is 18.8. The number of nitrogens with one attached hydrogen (secondary N) is 1. The lowest BCUT2D eigenvalue weighted by Gasteiger charge is -2.32. The van der Waals surface area contributed by atoms with E-state index in [0.29, 0.717) is 6.04 Å². The Kier molecular flexibility index (Phi) is 6.03. The Hall–Kier alpha value is -3.00. The van der Waals surface area contributed by atoms with Gasteiger partial charge >= 0.3 is 0 Å². The predicted molar refractivity (Wildman–Crippen MR) is 124 cm³/mol. The first kappa shape index (κ1) is 20.9. The first-order valence-corrected chi connectivity index (χ1v) is 11.5. The molecular weight excluding hydrogens is 404 g/mol. The van der Waals surface area contributed by atoms with Crippen LogP contribution in [0.15, 0.2) is 30.7 Å². The summed E-state index contributed by atoms with van der Waals surface area (Å²) in [5.74, 6) is 1.64. The Morgan fingerprint density at radius 3 is 2.56 bits per heavy atom. The molecule has 0 radical (unpaired) electrons. The van der Waals surface area contributed by atoms with E-state index in [0.717, 1.165) is 91.7 Å². The van der Waals surface area contributed by atoms with Crippen molar-refractivity contribution in [3.8, 4) is 5.75 Å². The van der Waals surface area contributed by atoms with Gasteiger partial charge in [0.05, 0.1) is 42.4 Å². The van der Waals surface area contributed by atoms with Crippen molar-refractivity contribution in [2.45, 2.75) is 51.7 Å². The Labute approximate surface area is 188 Å². The van der Waals surface area contributed by atoms with Crippen molar-refractivity contribution in [2.24, 2.45) is 0 Å². The van der Waals surface area contributed by atoms with Crippen molar-refractivity contribution >= 4 is 22.4 Å². The molecule has 1 aliphatic carbocycles. The van der Waals surface area contributed by atoms with E-state index in [9.17, 15) is 0 Å². The Bertz CT molecular complexity index is 1080. The van der Waals surface area contributed by atoms with E-state index < -0.39 is 0 Å². The van der Waals surface area contributed by atoms with Crippen molar-refractivity contribution in [2.75, 3.05) is 36.5 Å². The largest absolute Gasteiger partial charge is 0.488 e. The smallest absolute Gasteiger partial charge is 0.149 e. The van der Waals surface area contributed by atoms with E-state index in [1.807, 2.05) is 20.0 Å². The molecule has 32 heavy (non-hydrogen) atoms. The van der Waals surface area contributed by atoms with Gasteiger partial charge in [0.15, 0.2) is 0 Å². The maximum Gasteiger partial charge on any atom is 0.149 e. The molecule has 0 spiro atoms. The maximum atomic E-state index is 6.53. The average molecular weight is 435 g/mol. The average Bonchev–Trinajstić information content (AvgIpc) is 2.82. The lowest BCUT2D eigenvalue weighted by molar-refractivity contribution is 0.122. The minimum absolute atomic E-state index is 0.175. The number of aryl methyl sites for hydroxylation is 2. The maximum absolute atomic E-state index is 6.53. The number of nitrogens with zero attached hydrogens (tertiary/aromatic N) is 5. The van der Waals surface area contributed by atoms with Gasteiger partial charge in [0.25, 0.3) is 0 Å². The Morgan fingerprint density at radius 1 is 1.00 bits per heavy atom. The van der Waals surface area contributed by atoms with Crippen LogP contribution in [-0.4, -0.2) is 58.4 Å². The van der Waals surface area contributed by atoms with Crippen LogP contribution in [0.5, 0.6) is 5.75 Å². The molecule has 0 amide bonds. The molecular formula is C24H30N6O2. The zero-order chi connectivity index (χ0) is 21.9. The number of anilines is 2. The van der Waals surface area contributed by atoms with Gasteiger partial charge in [0.2, 0.25) is 0 Å². The molecule has 1 saturated heterocycles. The van der Waals surface area contributed by atoms with Gasteiger partial charge in [0, 0.05) is 43.3 Å². The lowest BCUT2D eigenvalue weighted by Crippen LogP contribution is -2.36. The van der Waals surface area contributed by atoms with Gasteiger partial charge in [-0.3, -0.25) is 4.98 Å². The molecule has 3 aromatic rings. The van der Waals surface area contributed by atoms with Crippen LogP contribution in [0.25, 0.3) is 11.0 Å². The molecule has 168 valence electrons. The highest BCUT2D eigenvalue weighted by atomic mass is 16.5. The third-order valence-electron chi connectivity index (χ3n) is 6.33. The van der Waals surface area contributed by atoms with Crippen molar-refractivity contribution in [3.05, 3.63) is 42.2 Å². The molecule has 1 saturated carbocycles. The Balaban J connectivity index is 1.27. The first-order valence-electron chi connectivity index (χ1n) is 11.5. The van der Waals surface area contributed by atoms with Crippen molar-refractivity contribution < 1.29 is 9.47 Å². The van der Waals surface area contributed by atoms with Crippen molar-refractivity contribution in [3.63, 3.8) is 0 Å². The van der Waals surface area contributed by atoms with Crippen LogP contribution < -0.4 is 15.0 Å². The fourth-order valence-electron chi connectivity index (χ4n) is 4.57. The van der Waals surface area contributed by atoms with E-state index in [2.05, 4.69) is 42.3 Å². The summed E-state index contributed by atoms with van der Waals surface area (Å²) in [6, 6.07) is 4.64. The summed E-state index contributed by atoms with van der Waals surface area (Å²) in [4.78, 5) is 20.2. The van der Waals surface area contributed by atoms with Gasteiger partial charge < -0.3 is 19.7 Å². The van der Waals surface area contributed by atoms with Gasteiger partial charge in [0.1, 0.15) is 17.1 Å². The molecule has 5 rings (SSSR count). The van der Waals surface area contributed by atoms with Crippen LogP contribution in [0.4, 0.5) is 11.4 Å². The molecule has 0 unspecified atom stereocenters. The van der Waals surface area contributed by atoms with Crippen LogP contribution in [0, 0.1) is 13.8 Å². The highest BCUT2D eigenvalue weighted by Crippen LogP contribution is 2.33. The number of hydrogen-bond donors (Lipinski definition) is 1.